The van der Waals surface area contributed by atoms with Gasteiger partial charge in [-0.05, 0) is 18.9 Å². The van der Waals surface area contributed by atoms with Gasteiger partial charge < -0.3 is 9.47 Å². The van der Waals surface area contributed by atoms with E-state index in [0.29, 0.717) is 37.3 Å². The highest BCUT2D eigenvalue weighted by atomic mass is 19.4. The number of hydrogen-bond acceptors (Lipinski definition) is 4. The molecule has 1 amide bonds. The molecule has 2 aromatic heterocycles. The van der Waals surface area contributed by atoms with E-state index in [0.717, 1.165) is 6.20 Å². The average Bonchev–Trinajstić information content (AvgIpc) is 2.97. The number of alkyl halides is 3. The van der Waals surface area contributed by atoms with Crippen LogP contribution in [0.1, 0.15) is 40.6 Å². The highest BCUT2D eigenvalue weighted by Gasteiger charge is 2.36. The van der Waals surface area contributed by atoms with E-state index in [-0.39, 0.29) is 11.8 Å². The first-order valence-corrected chi connectivity index (χ1v) is 7.52. The first-order chi connectivity index (χ1) is 11.4. The molecule has 3 heterocycles. The number of hydrogen-bond donors (Lipinski definition) is 0. The third-order valence-electron chi connectivity index (χ3n) is 4.11. The summed E-state index contributed by atoms with van der Waals surface area (Å²) < 4.78 is 39.9. The lowest BCUT2D eigenvalue weighted by Gasteiger charge is -2.32. The van der Waals surface area contributed by atoms with E-state index in [9.17, 15) is 18.0 Å². The van der Waals surface area contributed by atoms with Gasteiger partial charge in [-0.15, -0.1) is 0 Å². The van der Waals surface area contributed by atoms with E-state index in [1.807, 2.05) is 0 Å². The van der Waals surface area contributed by atoms with Crippen molar-refractivity contribution in [2.24, 2.45) is 7.05 Å². The van der Waals surface area contributed by atoms with Crippen molar-refractivity contribution in [3.05, 3.63) is 41.7 Å². The van der Waals surface area contributed by atoms with Crippen LogP contribution in [0.4, 0.5) is 13.2 Å². The Morgan fingerprint density at radius 1 is 1.33 bits per heavy atom. The number of aryl methyl sites for hydroxylation is 1. The van der Waals surface area contributed by atoms with Gasteiger partial charge in [-0.25, -0.2) is 4.98 Å². The second-order valence-corrected chi connectivity index (χ2v) is 5.81. The van der Waals surface area contributed by atoms with Crippen LogP contribution < -0.4 is 0 Å². The molecule has 0 bridgehead atoms. The van der Waals surface area contributed by atoms with Crippen molar-refractivity contribution in [1.29, 1.82) is 0 Å². The van der Waals surface area contributed by atoms with Gasteiger partial charge in [0.1, 0.15) is 5.82 Å². The minimum absolute atomic E-state index is 0.195. The fourth-order valence-corrected chi connectivity index (χ4v) is 2.97. The van der Waals surface area contributed by atoms with Crippen molar-refractivity contribution < 1.29 is 18.0 Å². The lowest BCUT2D eigenvalue weighted by molar-refractivity contribution is -0.141. The molecule has 6 nitrogen and oxygen atoms in total. The molecule has 0 aliphatic carbocycles. The van der Waals surface area contributed by atoms with Crippen LogP contribution in [0.25, 0.3) is 0 Å². The molecule has 0 unspecified atom stereocenters. The molecule has 1 fully saturated rings. The summed E-state index contributed by atoms with van der Waals surface area (Å²) in [6, 6.07) is 1.57. The van der Waals surface area contributed by atoms with E-state index < -0.39 is 11.9 Å². The predicted molar refractivity (Wildman–Crippen MR) is 78.1 cm³/mol. The Morgan fingerprint density at radius 2 is 2.12 bits per heavy atom. The molecule has 24 heavy (non-hydrogen) atoms. The molecule has 9 heteroatoms. The highest BCUT2D eigenvalue weighted by Crippen LogP contribution is 2.32. The van der Waals surface area contributed by atoms with E-state index in [4.69, 9.17) is 0 Å². The number of nitrogens with zero attached hydrogens (tertiary/aromatic N) is 5. The van der Waals surface area contributed by atoms with Gasteiger partial charge in [-0.1, -0.05) is 0 Å². The fourth-order valence-electron chi connectivity index (χ4n) is 2.97. The molecule has 1 saturated heterocycles. The van der Waals surface area contributed by atoms with Crippen LogP contribution in [0, 0.1) is 0 Å². The normalized spacial score (nSPS) is 18.7. The summed E-state index contributed by atoms with van der Waals surface area (Å²) in [5.74, 6) is -0.0638. The van der Waals surface area contributed by atoms with Crippen molar-refractivity contribution >= 4 is 5.91 Å². The number of likely N-dealkylation sites (tertiary alicyclic amines) is 1. The average molecular weight is 339 g/mol. The number of imidazole rings is 1. The van der Waals surface area contributed by atoms with Gasteiger partial charge in [0, 0.05) is 32.3 Å². The predicted octanol–water partition coefficient (Wildman–Crippen LogP) is 2.25. The zero-order chi connectivity index (χ0) is 17.3. The smallest absolute Gasteiger partial charge is 0.338 e. The zero-order valence-electron chi connectivity index (χ0n) is 13.0. The van der Waals surface area contributed by atoms with Crippen molar-refractivity contribution in [3.8, 4) is 0 Å². The summed E-state index contributed by atoms with van der Waals surface area (Å²) in [6.07, 6.45) is 0.743. The molecule has 0 aromatic carbocycles. The van der Waals surface area contributed by atoms with Crippen molar-refractivity contribution in [2.75, 3.05) is 13.1 Å². The summed E-state index contributed by atoms with van der Waals surface area (Å²) in [4.78, 5) is 17.9. The first kappa shape index (κ1) is 16.4. The van der Waals surface area contributed by atoms with Crippen molar-refractivity contribution in [2.45, 2.75) is 24.9 Å². The van der Waals surface area contributed by atoms with Crippen LogP contribution in [-0.2, 0) is 13.2 Å². The first-order valence-electron chi connectivity index (χ1n) is 7.52. The van der Waals surface area contributed by atoms with Crippen LogP contribution in [0.3, 0.4) is 0 Å². The second-order valence-electron chi connectivity index (χ2n) is 5.81. The lowest BCUT2D eigenvalue weighted by atomic mass is 9.96. The third-order valence-corrected chi connectivity index (χ3v) is 4.11. The molecule has 0 spiro atoms. The Balaban J connectivity index is 1.79. The van der Waals surface area contributed by atoms with Gasteiger partial charge in [0.05, 0.1) is 18.0 Å². The molecule has 128 valence electrons. The summed E-state index contributed by atoms with van der Waals surface area (Å²) in [5, 5.41) is 7.32. The Morgan fingerprint density at radius 3 is 2.75 bits per heavy atom. The zero-order valence-corrected chi connectivity index (χ0v) is 13.0. The number of aromatic nitrogens is 4. The van der Waals surface area contributed by atoms with Crippen LogP contribution in [0.5, 0.6) is 0 Å². The number of halogens is 3. The van der Waals surface area contributed by atoms with Gasteiger partial charge in [-0.2, -0.15) is 23.4 Å². The Kier molecular flexibility index (Phi) is 4.25. The quantitative estimate of drug-likeness (QED) is 0.842. The van der Waals surface area contributed by atoms with Gasteiger partial charge >= 0.3 is 6.18 Å². The molecule has 1 aliphatic heterocycles. The highest BCUT2D eigenvalue weighted by molar-refractivity contribution is 5.93. The van der Waals surface area contributed by atoms with E-state index >= 15 is 0 Å². The van der Waals surface area contributed by atoms with Crippen molar-refractivity contribution in [1.82, 2.24) is 24.6 Å². The van der Waals surface area contributed by atoms with Gasteiger partial charge in [0.2, 0.25) is 0 Å². The van der Waals surface area contributed by atoms with Gasteiger partial charge in [0.25, 0.3) is 5.91 Å². The molecule has 3 rings (SSSR count). The summed E-state index contributed by atoms with van der Waals surface area (Å²) in [7, 11) is 1.55. The molecule has 2 aromatic rings. The molecule has 0 N–H and O–H groups in total. The molecule has 1 aliphatic rings. The number of rotatable bonds is 2. The number of carbonyl (C=O) groups is 1. The van der Waals surface area contributed by atoms with Crippen LogP contribution in [0.15, 0.2) is 24.7 Å². The maximum Gasteiger partial charge on any atom is 0.434 e. The monoisotopic (exact) mass is 339 g/mol. The molecular formula is C15H16F3N5O. The van der Waals surface area contributed by atoms with E-state index in [1.165, 1.54) is 17.0 Å². The van der Waals surface area contributed by atoms with Crippen LogP contribution >= 0.6 is 0 Å². The number of carbonyl (C=O) groups excluding carboxylic acids is 1. The minimum atomic E-state index is -4.47. The fraction of sp³-hybridized carbons (Fsp3) is 0.467. The summed E-state index contributed by atoms with van der Waals surface area (Å²) >= 11 is 0. The van der Waals surface area contributed by atoms with Crippen molar-refractivity contribution in [3.63, 3.8) is 0 Å². The topological polar surface area (TPSA) is 63.9 Å². The van der Waals surface area contributed by atoms with E-state index in [2.05, 4.69) is 15.2 Å². The summed E-state index contributed by atoms with van der Waals surface area (Å²) in [6.45, 7) is 0.900. The standard InChI is InChI=1S/C15H16F3N5O/c1-22-9-12(15(16,17)18)21-13(22)11-3-2-6-23(8-11)14(24)10-4-5-19-20-7-10/h4-5,7,9,11H,2-3,6,8H2,1H3/t11-/m1/s1. The van der Waals surface area contributed by atoms with Crippen LogP contribution in [0.2, 0.25) is 0 Å². The lowest BCUT2D eigenvalue weighted by Crippen LogP contribution is -2.39. The number of amides is 1. The number of piperidine rings is 1. The van der Waals surface area contributed by atoms with Gasteiger partial charge in [-0.3, -0.25) is 4.79 Å². The van der Waals surface area contributed by atoms with E-state index in [1.54, 1.807) is 18.0 Å². The van der Waals surface area contributed by atoms with Gasteiger partial charge in [0.15, 0.2) is 5.69 Å². The second kappa shape index (κ2) is 6.21. The summed E-state index contributed by atoms with van der Waals surface area (Å²) in [5.41, 5.74) is -0.483. The maximum atomic E-state index is 12.8. The Labute approximate surface area is 136 Å². The third kappa shape index (κ3) is 3.24. The van der Waals surface area contributed by atoms with Crippen LogP contribution in [-0.4, -0.2) is 43.6 Å². The molecule has 0 radical (unpaired) electrons. The Hall–Kier alpha value is -2.45. The molecular weight excluding hydrogens is 323 g/mol. The maximum absolute atomic E-state index is 12.8. The molecule has 1 atom stereocenters. The Bertz CT molecular complexity index is 728. The largest absolute Gasteiger partial charge is 0.434 e. The minimum Gasteiger partial charge on any atom is -0.338 e. The molecule has 0 saturated carbocycles. The SMILES string of the molecule is Cn1cc(C(F)(F)F)nc1[C@@H]1CCCN(C(=O)c2ccnnc2)C1.